The monoisotopic (exact) mass is 314 g/mol. The minimum atomic E-state index is -0.343. The molecule has 2 aromatic heterocycles. The minimum Gasteiger partial charge on any atom is -0.293 e. The second-order valence-electron chi connectivity index (χ2n) is 4.80. The molecule has 6 nitrogen and oxygen atoms in total. The molecule has 0 fully saturated rings. The lowest BCUT2D eigenvalue weighted by Crippen LogP contribution is -2.40. The maximum absolute atomic E-state index is 12.0. The number of carbonyl (C=O) groups excluding carboxylic acids is 2. The van der Waals surface area contributed by atoms with Crippen LogP contribution in [-0.2, 0) is 4.79 Å². The van der Waals surface area contributed by atoms with Crippen LogP contribution in [0.1, 0.15) is 22.3 Å². The number of nitrogens with zero attached hydrogens (tertiary/aromatic N) is 2. The number of nitrogens with one attached hydrogen (secondary N) is 2. The highest BCUT2D eigenvalue weighted by atomic mass is 32.1. The van der Waals surface area contributed by atoms with E-state index in [2.05, 4.69) is 15.8 Å². The first kappa shape index (κ1) is 14.3. The van der Waals surface area contributed by atoms with Gasteiger partial charge in [0, 0.05) is 24.4 Å². The van der Waals surface area contributed by atoms with E-state index in [-0.39, 0.29) is 11.8 Å². The molecule has 2 heterocycles. The predicted molar refractivity (Wildman–Crippen MR) is 84.5 cm³/mol. The van der Waals surface area contributed by atoms with Gasteiger partial charge in [-0.15, -0.1) is 0 Å². The number of rotatable bonds is 2. The zero-order valence-corrected chi connectivity index (χ0v) is 12.9. The van der Waals surface area contributed by atoms with Crippen LogP contribution >= 0.6 is 11.3 Å². The lowest BCUT2D eigenvalue weighted by molar-refractivity contribution is -0.119. The molecule has 0 saturated carbocycles. The Morgan fingerprint density at radius 1 is 1.18 bits per heavy atom. The molecule has 0 aliphatic rings. The van der Waals surface area contributed by atoms with Crippen LogP contribution in [0, 0.1) is 6.92 Å². The molecule has 22 heavy (non-hydrogen) atoms. The molecule has 0 aliphatic heterocycles. The van der Waals surface area contributed by atoms with Crippen molar-refractivity contribution in [3.05, 3.63) is 47.1 Å². The molecule has 0 bridgehead atoms. The number of amides is 2. The van der Waals surface area contributed by atoms with Crippen LogP contribution in [0.25, 0.3) is 16.2 Å². The number of hydrogen-bond donors (Lipinski definition) is 2. The van der Waals surface area contributed by atoms with Crippen molar-refractivity contribution < 1.29 is 9.59 Å². The molecule has 2 amide bonds. The van der Waals surface area contributed by atoms with Gasteiger partial charge in [0.2, 0.25) is 5.91 Å². The fourth-order valence-corrected chi connectivity index (χ4v) is 3.11. The molecule has 1 aromatic carbocycles. The van der Waals surface area contributed by atoms with Gasteiger partial charge in [-0.1, -0.05) is 41.7 Å². The highest BCUT2D eigenvalue weighted by molar-refractivity contribution is 7.19. The molecule has 0 atom stereocenters. The van der Waals surface area contributed by atoms with E-state index in [9.17, 15) is 9.59 Å². The van der Waals surface area contributed by atoms with Crippen LogP contribution in [-0.4, -0.2) is 21.2 Å². The topological polar surface area (TPSA) is 75.5 Å². The highest BCUT2D eigenvalue weighted by Gasteiger charge is 2.18. The van der Waals surface area contributed by atoms with Gasteiger partial charge in [0.05, 0.1) is 5.69 Å². The summed E-state index contributed by atoms with van der Waals surface area (Å²) in [7, 11) is 0. The van der Waals surface area contributed by atoms with Crippen molar-refractivity contribution in [2.75, 3.05) is 0 Å². The van der Waals surface area contributed by atoms with Crippen molar-refractivity contribution >= 4 is 28.1 Å². The van der Waals surface area contributed by atoms with E-state index in [0.29, 0.717) is 4.88 Å². The first-order chi connectivity index (χ1) is 10.6. The van der Waals surface area contributed by atoms with E-state index < -0.39 is 0 Å². The van der Waals surface area contributed by atoms with Crippen LogP contribution in [0.3, 0.4) is 0 Å². The third-order valence-corrected chi connectivity index (χ3v) is 4.34. The Kier molecular flexibility index (Phi) is 3.64. The van der Waals surface area contributed by atoms with E-state index in [1.807, 2.05) is 47.9 Å². The van der Waals surface area contributed by atoms with Crippen molar-refractivity contribution in [1.29, 1.82) is 0 Å². The van der Waals surface area contributed by atoms with Gasteiger partial charge in [-0.05, 0) is 6.92 Å². The summed E-state index contributed by atoms with van der Waals surface area (Å²) in [4.78, 5) is 28.7. The van der Waals surface area contributed by atoms with Crippen LogP contribution in [0.5, 0.6) is 0 Å². The Morgan fingerprint density at radius 2 is 1.91 bits per heavy atom. The van der Waals surface area contributed by atoms with Gasteiger partial charge in [0.25, 0.3) is 5.91 Å². The highest BCUT2D eigenvalue weighted by Crippen LogP contribution is 2.26. The van der Waals surface area contributed by atoms with Crippen LogP contribution in [0.4, 0.5) is 0 Å². The number of benzene rings is 1. The number of thiazole rings is 1. The van der Waals surface area contributed by atoms with Gasteiger partial charge in [-0.3, -0.25) is 24.8 Å². The molecule has 0 aliphatic carbocycles. The molecule has 0 unspecified atom stereocenters. The first-order valence-electron chi connectivity index (χ1n) is 6.67. The molecule has 112 valence electrons. The van der Waals surface area contributed by atoms with E-state index in [0.717, 1.165) is 21.9 Å². The Hall–Kier alpha value is -2.67. The number of hydrazine groups is 1. The SMILES string of the molecule is CC(=O)NNC(=O)c1sc2nc(-c3ccccc3)cn2c1C. The van der Waals surface area contributed by atoms with Crippen LogP contribution in [0.15, 0.2) is 36.5 Å². The molecule has 2 N–H and O–H groups in total. The Morgan fingerprint density at radius 3 is 2.55 bits per heavy atom. The quantitative estimate of drug-likeness (QED) is 0.712. The van der Waals surface area contributed by atoms with Crippen molar-refractivity contribution in [3.63, 3.8) is 0 Å². The second-order valence-corrected chi connectivity index (χ2v) is 5.77. The Labute approximate surface area is 130 Å². The number of carbonyl (C=O) groups is 2. The number of aryl methyl sites for hydroxylation is 1. The van der Waals surface area contributed by atoms with E-state index in [1.165, 1.54) is 18.3 Å². The standard InChI is InChI=1S/C15H14N4O2S/c1-9-13(14(21)18-17-10(2)20)22-15-16-12(8-19(9)15)11-6-4-3-5-7-11/h3-8H,1-2H3,(H,17,20)(H,18,21). The zero-order chi connectivity index (χ0) is 15.7. The third kappa shape index (κ3) is 2.58. The van der Waals surface area contributed by atoms with Gasteiger partial charge in [0.15, 0.2) is 4.96 Å². The van der Waals surface area contributed by atoms with Gasteiger partial charge >= 0.3 is 0 Å². The smallest absolute Gasteiger partial charge is 0.281 e. The lowest BCUT2D eigenvalue weighted by atomic mass is 10.2. The normalized spacial score (nSPS) is 10.6. The predicted octanol–water partition coefficient (Wildman–Crippen LogP) is 2.15. The maximum Gasteiger partial charge on any atom is 0.281 e. The Balaban J connectivity index is 1.93. The minimum absolute atomic E-state index is 0.321. The number of imidazole rings is 1. The average molecular weight is 314 g/mol. The summed E-state index contributed by atoms with van der Waals surface area (Å²) in [6.07, 6.45) is 1.91. The van der Waals surface area contributed by atoms with Gasteiger partial charge < -0.3 is 0 Å². The molecule has 0 spiro atoms. The summed E-state index contributed by atoms with van der Waals surface area (Å²) in [6, 6.07) is 9.86. The number of aromatic nitrogens is 2. The van der Waals surface area contributed by atoms with E-state index >= 15 is 0 Å². The summed E-state index contributed by atoms with van der Waals surface area (Å²) in [5.41, 5.74) is 7.33. The lowest BCUT2D eigenvalue weighted by Gasteiger charge is -2.03. The first-order valence-corrected chi connectivity index (χ1v) is 7.48. The summed E-state index contributed by atoms with van der Waals surface area (Å²) in [5, 5.41) is 0. The molecule has 0 radical (unpaired) electrons. The zero-order valence-electron chi connectivity index (χ0n) is 12.1. The van der Waals surface area contributed by atoms with Gasteiger partial charge in [-0.25, -0.2) is 4.98 Å². The molecule has 7 heteroatoms. The molecule has 0 saturated heterocycles. The Bertz CT molecular complexity index is 851. The van der Waals surface area contributed by atoms with Crippen molar-refractivity contribution in [3.8, 4) is 11.3 Å². The molecule has 3 aromatic rings. The fraction of sp³-hybridized carbons (Fsp3) is 0.133. The number of fused-ring (bicyclic) bond motifs is 1. The fourth-order valence-electron chi connectivity index (χ4n) is 2.11. The second kappa shape index (κ2) is 5.61. The summed E-state index contributed by atoms with van der Waals surface area (Å²) < 4.78 is 1.88. The summed E-state index contributed by atoms with van der Waals surface area (Å²) in [5.74, 6) is -0.664. The van der Waals surface area contributed by atoms with Gasteiger partial charge in [0.1, 0.15) is 4.88 Å². The largest absolute Gasteiger partial charge is 0.293 e. The van der Waals surface area contributed by atoms with Crippen LogP contribution < -0.4 is 10.9 Å². The van der Waals surface area contributed by atoms with E-state index in [1.54, 1.807) is 0 Å². The van der Waals surface area contributed by atoms with Crippen LogP contribution in [0.2, 0.25) is 0 Å². The van der Waals surface area contributed by atoms with Crippen molar-refractivity contribution in [2.45, 2.75) is 13.8 Å². The molecular formula is C15H14N4O2S. The summed E-state index contributed by atoms with van der Waals surface area (Å²) >= 11 is 1.29. The van der Waals surface area contributed by atoms with Gasteiger partial charge in [-0.2, -0.15) is 0 Å². The van der Waals surface area contributed by atoms with E-state index in [4.69, 9.17) is 0 Å². The molecular weight excluding hydrogens is 300 g/mol. The third-order valence-electron chi connectivity index (χ3n) is 3.18. The number of hydrogen-bond acceptors (Lipinski definition) is 4. The average Bonchev–Trinajstić information content (AvgIpc) is 3.06. The van der Waals surface area contributed by atoms with Crippen molar-refractivity contribution in [2.24, 2.45) is 0 Å². The summed E-state index contributed by atoms with van der Waals surface area (Å²) in [6.45, 7) is 3.18. The molecule has 3 rings (SSSR count). The van der Waals surface area contributed by atoms with Crippen molar-refractivity contribution in [1.82, 2.24) is 20.2 Å². The maximum atomic E-state index is 12.0.